The van der Waals surface area contributed by atoms with Crippen molar-refractivity contribution in [2.24, 2.45) is 0 Å². The van der Waals surface area contributed by atoms with Crippen molar-refractivity contribution in [1.29, 1.82) is 0 Å². The number of carbonyl (C=O) groups excluding carboxylic acids is 2. The Balaban J connectivity index is 1.84. The van der Waals surface area contributed by atoms with Crippen molar-refractivity contribution in [2.45, 2.75) is 70.8 Å². The molecule has 0 unspecified atom stereocenters. The molecule has 148 valence electrons. The van der Waals surface area contributed by atoms with Crippen molar-refractivity contribution in [3.8, 4) is 5.75 Å². The fraction of sp³-hybridized carbons (Fsp3) is 0.636. The molecule has 2 heterocycles. The molecule has 5 nitrogen and oxygen atoms in total. The van der Waals surface area contributed by atoms with Crippen LogP contribution in [0.3, 0.4) is 0 Å². The third-order valence-corrected chi connectivity index (χ3v) is 6.55. The molecule has 2 fully saturated rings. The molecule has 0 radical (unpaired) electrons. The van der Waals surface area contributed by atoms with Crippen LogP contribution in [0.2, 0.25) is 0 Å². The first-order valence-corrected chi connectivity index (χ1v) is 10.1. The number of likely N-dealkylation sites (tertiary alicyclic amines) is 2. The highest BCUT2D eigenvalue weighted by molar-refractivity contribution is 5.97. The Kier molecular flexibility index (Phi) is 5.24. The molecule has 2 saturated heterocycles. The Morgan fingerprint density at radius 3 is 2.19 bits per heavy atom. The van der Waals surface area contributed by atoms with Crippen LogP contribution in [-0.2, 0) is 4.79 Å². The van der Waals surface area contributed by atoms with Gasteiger partial charge in [0.15, 0.2) is 0 Å². The van der Waals surface area contributed by atoms with Gasteiger partial charge in [0.2, 0.25) is 5.91 Å². The third kappa shape index (κ3) is 3.44. The predicted molar refractivity (Wildman–Crippen MR) is 106 cm³/mol. The summed E-state index contributed by atoms with van der Waals surface area (Å²) in [4.78, 5) is 28.9. The highest BCUT2D eigenvalue weighted by Gasteiger charge is 2.45. The average molecular weight is 373 g/mol. The summed E-state index contributed by atoms with van der Waals surface area (Å²) in [6.07, 6.45) is 3.11. The predicted octanol–water partition coefficient (Wildman–Crippen LogP) is 3.87. The Morgan fingerprint density at radius 1 is 1.07 bits per heavy atom. The van der Waals surface area contributed by atoms with Crippen LogP contribution in [-0.4, -0.2) is 52.4 Å². The maximum absolute atomic E-state index is 13.2. The van der Waals surface area contributed by atoms with Gasteiger partial charge in [0.25, 0.3) is 5.91 Å². The zero-order chi connectivity index (χ0) is 19.9. The number of hydrogen-bond donors (Lipinski definition) is 1. The quantitative estimate of drug-likeness (QED) is 0.876. The lowest BCUT2D eigenvalue weighted by Crippen LogP contribution is -2.52. The summed E-state index contributed by atoms with van der Waals surface area (Å²) < 4.78 is 0. The number of aromatic hydroxyl groups is 1. The van der Waals surface area contributed by atoms with E-state index in [4.69, 9.17) is 0 Å². The van der Waals surface area contributed by atoms with Crippen LogP contribution < -0.4 is 0 Å². The van der Waals surface area contributed by atoms with Crippen LogP contribution in [0, 0.1) is 0 Å². The molecular formula is C22H32N2O3. The second kappa shape index (κ2) is 7.17. The molecule has 0 bridgehead atoms. The van der Waals surface area contributed by atoms with E-state index in [0.717, 1.165) is 30.4 Å². The number of hydrogen-bond acceptors (Lipinski definition) is 3. The van der Waals surface area contributed by atoms with Gasteiger partial charge in [-0.3, -0.25) is 9.59 Å². The van der Waals surface area contributed by atoms with E-state index < -0.39 is 0 Å². The van der Waals surface area contributed by atoms with Crippen molar-refractivity contribution in [1.82, 2.24) is 9.80 Å². The summed E-state index contributed by atoms with van der Waals surface area (Å²) in [6, 6.07) is 3.87. The second-order valence-corrected chi connectivity index (χ2v) is 8.78. The molecule has 2 aliphatic rings. The standard InChI is InChI=1S/C22H32N2O3/c1-14(2)16-12-17(15(3)4)20(26)18(13-16)21(27)24-10-8-22(9-11-24)7-6-19(25)23(22)5/h12-15,26H,6-11H2,1-5H3. The Hall–Kier alpha value is -2.04. The monoisotopic (exact) mass is 372 g/mol. The fourth-order valence-electron chi connectivity index (χ4n) is 4.44. The van der Waals surface area contributed by atoms with Gasteiger partial charge in [-0.25, -0.2) is 0 Å². The zero-order valence-electron chi connectivity index (χ0n) is 17.2. The minimum Gasteiger partial charge on any atom is -0.507 e. The second-order valence-electron chi connectivity index (χ2n) is 8.78. The Morgan fingerprint density at radius 2 is 1.70 bits per heavy atom. The van der Waals surface area contributed by atoms with E-state index >= 15 is 0 Å². The lowest BCUT2D eigenvalue weighted by Gasteiger charge is -2.43. The van der Waals surface area contributed by atoms with Crippen molar-refractivity contribution in [2.75, 3.05) is 20.1 Å². The van der Waals surface area contributed by atoms with Crippen LogP contribution in [0.1, 0.15) is 86.7 Å². The first-order chi connectivity index (χ1) is 12.7. The number of piperidine rings is 1. The Labute approximate surface area is 162 Å². The van der Waals surface area contributed by atoms with Gasteiger partial charge in [0.05, 0.1) is 5.56 Å². The fourth-order valence-corrected chi connectivity index (χ4v) is 4.44. The maximum Gasteiger partial charge on any atom is 0.257 e. The molecule has 1 aromatic carbocycles. The summed E-state index contributed by atoms with van der Waals surface area (Å²) in [5.74, 6) is 0.667. The molecule has 27 heavy (non-hydrogen) atoms. The number of benzene rings is 1. The van der Waals surface area contributed by atoms with Gasteiger partial charge >= 0.3 is 0 Å². The van der Waals surface area contributed by atoms with Crippen LogP contribution in [0.25, 0.3) is 0 Å². The van der Waals surface area contributed by atoms with Gasteiger partial charge in [-0.2, -0.15) is 0 Å². The number of rotatable bonds is 3. The number of phenols is 1. The molecule has 0 aromatic heterocycles. The first kappa shape index (κ1) is 19.7. The van der Waals surface area contributed by atoms with E-state index in [1.165, 1.54) is 0 Å². The maximum atomic E-state index is 13.2. The molecule has 0 atom stereocenters. The first-order valence-electron chi connectivity index (χ1n) is 10.1. The normalized spacial score (nSPS) is 19.6. The van der Waals surface area contributed by atoms with Crippen molar-refractivity contribution in [3.63, 3.8) is 0 Å². The summed E-state index contributed by atoms with van der Waals surface area (Å²) in [6.45, 7) is 9.51. The van der Waals surface area contributed by atoms with Gasteiger partial charge in [-0.05, 0) is 48.3 Å². The zero-order valence-corrected chi connectivity index (χ0v) is 17.2. The third-order valence-electron chi connectivity index (χ3n) is 6.55. The van der Waals surface area contributed by atoms with E-state index in [-0.39, 0.29) is 34.9 Å². The lowest BCUT2D eigenvalue weighted by molar-refractivity contribution is -0.130. The SMILES string of the molecule is CC(C)c1cc(C(=O)N2CCC3(CCC(=O)N3C)CC2)c(O)c(C(C)C)c1. The summed E-state index contributed by atoms with van der Waals surface area (Å²) in [5, 5.41) is 10.7. The van der Waals surface area contributed by atoms with E-state index in [1.807, 2.05) is 42.8 Å². The largest absolute Gasteiger partial charge is 0.507 e. The molecule has 1 spiro atoms. The van der Waals surface area contributed by atoms with Crippen molar-refractivity contribution < 1.29 is 14.7 Å². The molecule has 5 heteroatoms. The van der Waals surface area contributed by atoms with Crippen LogP contribution >= 0.6 is 0 Å². The smallest absolute Gasteiger partial charge is 0.257 e. The molecular weight excluding hydrogens is 340 g/mol. The molecule has 2 amide bonds. The number of amides is 2. The number of nitrogens with zero attached hydrogens (tertiary/aromatic N) is 2. The van der Waals surface area contributed by atoms with Crippen LogP contribution in [0.5, 0.6) is 5.75 Å². The molecule has 0 saturated carbocycles. The molecule has 3 rings (SSSR count). The Bertz CT molecular complexity index is 746. The van der Waals surface area contributed by atoms with Gasteiger partial charge in [-0.15, -0.1) is 0 Å². The lowest BCUT2D eigenvalue weighted by atomic mass is 9.84. The van der Waals surface area contributed by atoms with Gasteiger partial charge in [0.1, 0.15) is 5.75 Å². The molecule has 2 aliphatic heterocycles. The van der Waals surface area contributed by atoms with Gasteiger partial charge < -0.3 is 14.9 Å². The van der Waals surface area contributed by atoms with E-state index in [2.05, 4.69) is 13.8 Å². The van der Waals surface area contributed by atoms with Gasteiger partial charge in [-0.1, -0.05) is 33.8 Å². The molecule has 1 aromatic rings. The summed E-state index contributed by atoms with van der Waals surface area (Å²) in [5.41, 5.74) is 2.24. The van der Waals surface area contributed by atoms with E-state index in [9.17, 15) is 14.7 Å². The molecule has 0 aliphatic carbocycles. The average Bonchev–Trinajstić information content (AvgIpc) is 2.90. The van der Waals surface area contributed by atoms with Gasteiger partial charge in [0, 0.05) is 32.1 Å². The van der Waals surface area contributed by atoms with Crippen molar-refractivity contribution in [3.05, 3.63) is 28.8 Å². The van der Waals surface area contributed by atoms with Crippen molar-refractivity contribution >= 4 is 11.8 Å². The molecule has 1 N–H and O–H groups in total. The van der Waals surface area contributed by atoms with E-state index in [1.54, 1.807) is 0 Å². The topological polar surface area (TPSA) is 60.9 Å². The number of carbonyl (C=O) groups is 2. The minimum absolute atomic E-state index is 0.0845. The van der Waals surface area contributed by atoms with E-state index in [0.29, 0.717) is 25.1 Å². The highest BCUT2D eigenvalue weighted by atomic mass is 16.3. The van der Waals surface area contributed by atoms with Crippen LogP contribution in [0.15, 0.2) is 12.1 Å². The summed E-state index contributed by atoms with van der Waals surface area (Å²) in [7, 11) is 1.89. The number of phenolic OH excluding ortho intramolecular Hbond substituents is 1. The summed E-state index contributed by atoms with van der Waals surface area (Å²) >= 11 is 0. The minimum atomic E-state index is -0.0984. The van der Waals surface area contributed by atoms with Crippen LogP contribution in [0.4, 0.5) is 0 Å². The highest BCUT2D eigenvalue weighted by Crippen LogP contribution is 2.39.